The number of carbonyl (C=O) groups is 1. The number of amides is 1. The molecule has 1 aromatic heterocycles. The Balaban J connectivity index is 1.55. The van der Waals surface area contributed by atoms with E-state index in [1.54, 1.807) is 18.2 Å². The minimum atomic E-state index is -3.14. The average molecular weight is 390 g/mol. The molecule has 2 aromatic carbocycles. The molecule has 1 amide bonds. The summed E-state index contributed by atoms with van der Waals surface area (Å²) < 4.78 is 29.4. The fourth-order valence-corrected chi connectivity index (χ4v) is 5.04. The Morgan fingerprint density at radius 1 is 1.27 bits per heavy atom. The summed E-state index contributed by atoms with van der Waals surface area (Å²) in [4.78, 5) is 12.9. The maximum absolute atomic E-state index is 12.5. The van der Waals surface area contributed by atoms with Crippen LogP contribution in [0.5, 0.6) is 0 Å². The monoisotopic (exact) mass is 389 g/mol. The lowest BCUT2D eigenvalue weighted by Crippen LogP contribution is -2.23. The molecular weight excluding hydrogens is 374 g/mol. The van der Waals surface area contributed by atoms with Crippen molar-refractivity contribution in [3.05, 3.63) is 63.9 Å². The van der Waals surface area contributed by atoms with Gasteiger partial charge in [0.15, 0.2) is 21.2 Å². The number of aryl methyl sites for hydroxylation is 2. The Hall–Kier alpha value is -2.31. The number of furan rings is 1. The first-order valence-corrected chi connectivity index (χ1v) is 10.2. The van der Waals surface area contributed by atoms with Gasteiger partial charge in [0.2, 0.25) is 0 Å². The summed E-state index contributed by atoms with van der Waals surface area (Å²) in [5.74, 6) is 0.0524. The summed E-state index contributed by atoms with van der Waals surface area (Å²) in [6.45, 7) is 2.10. The van der Waals surface area contributed by atoms with Gasteiger partial charge in [-0.25, -0.2) is 8.42 Å². The van der Waals surface area contributed by atoms with Crippen LogP contribution in [0.4, 0.5) is 0 Å². The standard InChI is InChI=1S/C19H16ClNO4S/c1-11-14-3-2-4-15(20)18(14)25-17(11)19(22)21-10-12-5-6-16-13(9-12)7-8-26(16,23)24/h2-6,9H,7-8,10H2,1H3,(H,21,22). The highest BCUT2D eigenvalue weighted by molar-refractivity contribution is 7.91. The van der Waals surface area contributed by atoms with Crippen molar-refractivity contribution in [3.8, 4) is 0 Å². The first-order chi connectivity index (χ1) is 12.4. The van der Waals surface area contributed by atoms with E-state index < -0.39 is 9.84 Å². The Morgan fingerprint density at radius 3 is 2.85 bits per heavy atom. The van der Waals surface area contributed by atoms with Gasteiger partial charge in [-0.3, -0.25) is 4.79 Å². The Bertz CT molecular complexity index is 1150. The lowest BCUT2D eigenvalue weighted by atomic mass is 10.1. The van der Waals surface area contributed by atoms with E-state index in [-0.39, 0.29) is 24.0 Å². The molecule has 5 nitrogen and oxygen atoms in total. The number of hydrogen-bond acceptors (Lipinski definition) is 4. The molecule has 0 bridgehead atoms. The summed E-state index contributed by atoms with van der Waals surface area (Å²) in [6, 6.07) is 10.6. The lowest BCUT2D eigenvalue weighted by Gasteiger charge is -2.06. The molecule has 0 radical (unpaired) electrons. The van der Waals surface area contributed by atoms with Gasteiger partial charge >= 0.3 is 0 Å². The molecule has 0 saturated carbocycles. The molecule has 0 atom stereocenters. The van der Waals surface area contributed by atoms with E-state index in [4.69, 9.17) is 16.0 Å². The number of hydrogen-bond donors (Lipinski definition) is 1. The fourth-order valence-electron chi connectivity index (χ4n) is 3.28. The third-order valence-electron chi connectivity index (χ3n) is 4.68. The average Bonchev–Trinajstić information content (AvgIpc) is 3.11. The first kappa shape index (κ1) is 17.1. The largest absolute Gasteiger partial charge is 0.449 e. The first-order valence-electron chi connectivity index (χ1n) is 8.17. The van der Waals surface area contributed by atoms with Crippen LogP contribution < -0.4 is 5.32 Å². The van der Waals surface area contributed by atoms with Crippen LogP contribution in [-0.2, 0) is 22.8 Å². The molecule has 0 saturated heterocycles. The van der Waals surface area contributed by atoms with Crippen molar-refractivity contribution in [2.45, 2.75) is 24.8 Å². The van der Waals surface area contributed by atoms with Gasteiger partial charge in [0, 0.05) is 17.5 Å². The van der Waals surface area contributed by atoms with Crippen molar-refractivity contribution in [1.82, 2.24) is 5.32 Å². The molecular formula is C19H16ClNO4S. The zero-order chi connectivity index (χ0) is 18.5. The molecule has 1 aliphatic heterocycles. The SMILES string of the molecule is Cc1c(C(=O)NCc2ccc3c(c2)CCS3(=O)=O)oc2c(Cl)cccc12. The van der Waals surface area contributed by atoms with E-state index in [1.807, 2.05) is 25.1 Å². The minimum absolute atomic E-state index is 0.150. The molecule has 1 N–H and O–H groups in total. The topological polar surface area (TPSA) is 76.4 Å². The summed E-state index contributed by atoms with van der Waals surface area (Å²) in [7, 11) is -3.14. The second kappa shape index (κ2) is 6.14. The van der Waals surface area contributed by atoms with Crippen molar-refractivity contribution in [2.24, 2.45) is 0 Å². The van der Waals surface area contributed by atoms with Crippen LogP contribution >= 0.6 is 11.6 Å². The van der Waals surface area contributed by atoms with E-state index in [9.17, 15) is 13.2 Å². The number of rotatable bonds is 3. The van der Waals surface area contributed by atoms with E-state index in [0.29, 0.717) is 21.9 Å². The molecule has 134 valence electrons. The molecule has 7 heteroatoms. The quantitative estimate of drug-likeness (QED) is 0.741. The highest BCUT2D eigenvalue weighted by Gasteiger charge is 2.26. The van der Waals surface area contributed by atoms with Gasteiger partial charge in [-0.1, -0.05) is 35.9 Å². The number of benzene rings is 2. The van der Waals surface area contributed by atoms with Crippen molar-refractivity contribution >= 4 is 38.3 Å². The van der Waals surface area contributed by atoms with Gasteiger partial charge in [-0.15, -0.1) is 0 Å². The maximum atomic E-state index is 12.5. The van der Waals surface area contributed by atoms with Gasteiger partial charge in [0.25, 0.3) is 5.91 Å². The number of sulfone groups is 1. The molecule has 3 aromatic rings. The van der Waals surface area contributed by atoms with Crippen LogP contribution in [0, 0.1) is 6.92 Å². The highest BCUT2D eigenvalue weighted by atomic mass is 35.5. The number of carbonyl (C=O) groups excluding carboxylic acids is 1. The van der Waals surface area contributed by atoms with Crippen LogP contribution in [0.1, 0.15) is 27.2 Å². The second-order valence-electron chi connectivity index (χ2n) is 6.37. The van der Waals surface area contributed by atoms with Crippen LogP contribution in [-0.4, -0.2) is 20.1 Å². The number of fused-ring (bicyclic) bond motifs is 2. The maximum Gasteiger partial charge on any atom is 0.287 e. The van der Waals surface area contributed by atoms with Crippen molar-refractivity contribution in [3.63, 3.8) is 0 Å². The van der Waals surface area contributed by atoms with Gasteiger partial charge in [0.1, 0.15) is 0 Å². The molecule has 0 fully saturated rings. The zero-order valence-electron chi connectivity index (χ0n) is 14.0. The van der Waals surface area contributed by atoms with E-state index >= 15 is 0 Å². The molecule has 0 aliphatic carbocycles. The Kier molecular flexibility index (Phi) is 4.04. The van der Waals surface area contributed by atoms with Crippen molar-refractivity contribution < 1.29 is 17.6 Å². The molecule has 26 heavy (non-hydrogen) atoms. The number of halogens is 1. The third-order valence-corrected chi connectivity index (χ3v) is 6.78. The van der Waals surface area contributed by atoms with Gasteiger partial charge in [-0.2, -0.15) is 0 Å². The van der Waals surface area contributed by atoms with Crippen LogP contribution in [0.25, 0.3) is 11.0 Å². The van der Waals surface area contributed by atoms with Crippen molar-refractivity contribution in [1.29, 1.82) is 0 Å². The lowest BCUT2D eigenvalue weighted by molar-refractivity contribution is 0.0924. The van der Waals surface area contributed by atoms with E-state index in [1.165, 1.54) is 0 Å². The van der Waals surface area contributed by atoms with Crippen molar-refractivity contribution in [2.75, 3.05) is 5.75 Å². The highest BCUT2D eigenvalue weighted by Crippen LogP contribution is 2.31. The Morgan fingerprint density at radius 2 is 2.08 bits per heavy atom. The number of para-hydroxylation sites is 1. The second-order valence-corrected chi connectivity index (χ2v) is 8.85. The van der Waals surface area contributed by atoms with Crippen LogP contribution in [0.15, 0.2) is 45.7 Å². The molecule has 0 spiro atoms. The molecule has 0 unspecified atom stereocenters. The van der Waals surface area contributed by atoms with Crippen LogP contribution in [0.3, 0.4) is 0 Å². The summed E-state index contributed by atoms with van der Waals surface area (Å²) in [5.41, 5.74) is 2.89. The van der Waals surface area contributed by atoms with Crippen LogP contribution in [0.2, 0.25) is 5.02 Å². The van der Waals surface area contributed by atoms with Gasteiger partial charge in [-0.05, 0) is 36.6 Å². The molecule has 4 rings (SSSR count). The molecule has 1 aliphatic rings. The van der Waals surface area contributed by atoms with Gasteiger partial charge in [0.05, 0.1) is 15.7 Å². The van der Waals surface area contributed by atoms with E-state index in [2.05, 4.69) is 5.32 Å². The third kappa shape index (κ3) is 2.79. The minimum Gasteiger partial charge on any atom is -0.449 e. The van der Waals surface area contributed by atoms with Gasteiger partial charge < -0.3 is 9.73 Å². The predicted octanol–water partition coefficient (Wildman–Crippen LogP) is 3.65. The fraction of sp³-hybridized carbons (Fsp3) is 0.211. The summed E-state index contributed by atoms with van der Waals surface area (Å²) >= 11 is 6.12. The predicted molar refractivity (Wildman–Crippen MR) is 99.3 cm³/mol. The molecule has 2 heterocycles. The summed E-state index contributed by atoms with van der Waals surface area (Å²) in [5, 5.41) is 4.10. The smallest absolute Gasteiger partial charge is 0.287 e. The zero-order valence-corrected chi connectivity index (χ0v) is 15.6. The Labute approximate surface area is 155 Å². The number of nitrogens with one attached hydrogen (secondary N) is 1. The normalized spacial score (nSPS) is 15.2. The summed E-state index contributed by atoms with van der Waals surface area (Å²) in [6.07, 6.45) is 0.515. The van der Waals surface area contributed by atoms with E-state index in [0.717, 1.165) is 22.1 Å².